The first-order valence-corrected chi connectivity index (χ1v) is 13.8. The van der Waals surface area contributed by atoms with Crippen LogP contribution in [0.2, 0.25) is 0 Å². The fraction of sp³-hybridized carbons (Fsp3) is 0.680. The number of carbonyl (C=O) groups excluding carboxylic acids is 2. The van der Waals surface area contributed by atoms with Gasteiger partial charge < -0.3 is 15.4 Å². The minimum absolute atomic E-state index is 0.0291. The van der Waals surface area contributed by atoms with Crippen molar-refractivity contribution >= 4 is 27.5 Å². The number of hydrogen-bond donors (Lipinski definition) is 3. The molecule has 2 fully saturated rings. The van der Waals surface area contributed by atoms with Gasteiger partial charge in [-0.15, -0.1) is 0 Å². The van der Waals surface area contributed by atoms with Crippen molar-refractivity contribution in [3.63, 3.8) is 0 Å². The van der Waals surface area contributed by atoms with E-state index >= 15 is 0 Å². The monoisotopic (exact) mass is 493 g/mol. The minimum Gasteiger partial charge on any atom is -0.381 e. The number of rotatable bonds is 8. The van der Waals surface area contributed by atoms with Gasteiger partial charge in [-0.2, -0.15) is 0 Å². The fourth-order valence-electron chi connectivity index (χ4n) is 4.61. The van der Waals surface area contributed by atoms with Crippen LogP contribution >= 0.6 is 0 Å². The molecule has 2 amide bonds. The van der Waals surface area contributed by atoms with Crippen LogP contribution in [-0.4, -0.2) is 45.0 Å². The van der Waals surface area contributed by atoms with Crippen molar-refractivity contribution in [1.29, 1.82) is 0 Å². The molecule has 1 aliphatic heterocycles. The largest absolute Gasteiger partial charge is 0.381 e. The van der Waals surface area contributed by atoms with Gasteiger partial charge in [0.1, 0.15) is 6.04 Å². The minimum atomic E-state index is -3.66. The molecule has 190 valence electrons. The summed E-state index contributed by atoms with van der Waals surface area (Å²) in [5.74, 6) is -0.0358. The van der Waals surface area contributed by atoms with Crippen molar-refractivity contribution in [2.75, 3.05) is 18.5 Å². The second-order valence-corrected chi connectivity index (χ2v) is 12.2. The highest BCUT2D eigenvalue weighted by Crippen LogP contribution is 2.25. The van der Waals surface area contributed by atoms with Crippen molar-refractivity contribution in [3.05, 3.63) is 24.3 Å². The van der Waals surface area contributed by atoms with Crippen molar-refractivity contribution in [1.82, 2.24) is 10.0 Å². The zero-order valence-corrected chi connectivity index (χ0v) is 21.4. The normalized spacial score (nSPS) is 19.4. The number of ether oxygens (including phenoxy) is 1. The Hall–Kier alpha value is -1.97. The Labute approximate surface area is 203 Å². The summed E-state index contributed by atoms with van der Waals surface area (Å²) in [6, 6.07) is 5.45. The first-order chi connectivity index (χ1) is 16.0. The molecule has 3 N–H and O–H groups in total. The number of sulfonamides is 1. The smallest absolute Gasteiger partial charge is 0.246 e. The average Bonchev–Trinajstić information content (AvgIpc) is 2.78. The van der Waals surface area contributed by atoms with Gasteiger partial charge in [0, 0.05) is 30.4 Å². The molecule has 1 aromatic rings. The summed E-state index contributed by atoms with van der Waals surface area (Å²) in [5, 5.41) is 5.88. The lowest BCUT2D eigenvalue weighted by atomic mass is 9.87. The molecule has 1 aromatic carbocycles. The molecule has 1 unspecified atom stereocenters. The first kappa shape index (κ1) is 26.6. The molecule has 2 aliphatic rings. The Morgan fingerprint density at radius 2 is 1.62 bits per heavy atom. The van der Waals surface area contributed by atoms with Gasteiger partial charge in [0.15, 0.2) is 0 Å². The van der Waals surface area contributed by atoms with E-state index in [1.165, 1.54) is 12.1 Å². The van der Waals surface area contributed by atoms with Gasteiger partial charge in [-0.25, -0.2) is 13.1 Å². The Morgan fingerprint density at radius 1 is 1.00 bits per heavy atom. The third-order valence-corrected chi connectivity index (χ3v) is 8.17. The highest BCUT2D eigenvalue weighted by atomic mass is 32.2. The maximum atomic E-state index is 13.2. The summed E-state index contributed by atoms with van der Waals surface area (Å²) in [4.78, 5) is 26.2. The van der Waals surface area contributed by atoms with E-state index in [-0.39, 0.29) is 22.6 Å². The van der Waals surface area contributed by atoms with Gasteiger partial charge >= 0.3 is 0 Å². The van der Waals surface area contributed by atoms with Crippen LogP contribution in [0.15, 0.2) is 29.2 Å². The number of carbonyl (C=O) groups is 2. The molecule has 9 heteroatoms. The molecule has 1 saturated heterocycles. The van der Waals surface area contributed by atoms with Crippen molar-refractivity contribution in [2.24, 2.45) is 11.8 Å². The second-order valence-electron chi connectivity index (χ2n) is 10.6. The number of amides is 2. The Morgan fingerprint density at radius 3 is 2.21 bits per heavy atom. The Bertz CT molecular complexity index is 928. The summed E-state index contributed by atoms with van der Waals surface area (Å²) in [6.45, 7) is 6.68. The molecule has 8 nitrogen and oxygen atoms in total. The van der Waals surface area contributed by atoms with Gasteiger partial charge in [0.05, 0.1) is 4.90 Å². The van der Waals surface area contributed by atoms with E-state index in [0.29, 0.717) is 31.2 Å². The van der Waals surface area contributed by atoms with E-state index in [9.17, 15) is 18.0 Å². The van der Waals surface area contributed by atoms with Crippen LogP contribution in [0.1, 0.15) is 72.1 Å². The molecule has 3 rings (SSSR count). The SMILES string of the molecule is CC(C)(C)NS(=O)(=O)c1ccc(NC(=O)C(CC2CCOCC2)NC(=O)C2CCCCC2)cc1. The quantitative estimate of drug-likeness (QED) is 0.512. The zero-order valence-electron chi connectivity index (χ0n) is 20.6. The van der Waals surface area contributed by atoms with Crippen molar-refractivity contribution in [2.45, 2.75) is 88.6 Å². The van der Waals surface area contributed by atoms with Crippen LogP contribution < -0.4 is 15.4 Å². The summed E-state index contributed by atoms with van der Waals surface area (Å²) in [6.07, 6.45) is 7.31. The van der Waals surface area contributed by atoms with E-state index in [1.807, 2.05) is 0 Å². The average molecular weight is 494 g/mol. The number of anilines is 1. The number of hydrogen-bond acceptors (Lipinski definition) is 5. The van der Waals surface area contributed by atoms with E-state index in [2.05, 4.69) is 15.4 Å². The lowest BCUT2D eigenvalue weighted by molar-refractivity contribution is -0.130. The summed E-state index contributed by atoms with van der Waals surface area (Å²) in [7, 11) is -3.66. The van der Waals surface area contributed by atoms with E-state index in [1.54, 1.807) is 32.9 Å². The topological polar surface area (TPSA) is 114 Å². The third-order valence-electron chi connectivity index (χ3n) is 6.39. The molecule has 1 heterocycles. The van der Waals surface area contributed by atoms with Gasteiger partial charge in [-0.05, 0) is 83.1 Å². The molecule has 1 saturated carbocycles. The van der Waals surface area contributed by atoms with Crippen LogP contribution in [0, 0.1) is 11.8 Å². The van der Waals surface area contributed by atoms with Crippen LogP contribution in [-0.2, 0) is 24.3 Å². The number of benzene rings is 1. The molecule has 34 heavy (non-hydrogen) atoms. The third kappa shape index (κ3) is 8.06. The van der Waals surface area contributed by atoms with Gasteiger partial charge in [-0.3, -0.25) is 9.59 Å². The van der Waals surface area contributed by atoms with E-state index in [0.717, 1.165) is 44.9 Å². The van der Waals surface area contributed by atoms with Crippen LogP contribution in [0.5, 0.6) is 0 Å². The highest BCUT2D eigenvalue weighted by molar-refractivity contribution is 7.89. The molecule has 1 atom stereocenters. The lowest BCUT2D eigenvalue weighted by Crippen LogP contribution is -2.47. The number of nitrogens with one attached hydrogen (secondary N) is 3. The first-order valence-electron chi connectivity index (χ1n) is 12.4. The van der Waals surface area contributed by atoms with Crippen molar-refractivity contribution < 1.29 is 22.7 Å². The molecular weight excluding hydrogens is 454 g/mol. The maximum Gasteiger partial charge on any atom is 0.246 e. The van der Waals surface area contributed by atoms with Gasteiger partial charge in [0.2, 0.25) is 21.8 Å². The predicted molar refractivity (Wildman–Crippen MR) is 132 cm³/mol. The highest BCUT2D eigenvalue weighted by Gasteiger charge is 2.30. The van der Waals surface area contributed by atoms with Gasteiger partial charge in [0.25, 0.3) is 0 Å². The Kier molecular flexibility index (Phi) is 9.12. The lowest BCUT2D eigenvalue weighted by Gasteiger charge is -2.29. The Balaban J connectivity index is 1.67. The molecule has 0 aromatic heterocycles. The van der Waals surface area contributed by atoms with Crippen LogP contribution in [0.4, 0.5) is 5.69 Å². The summed E-state index contributed by atoms with van der Waals surface area (Å²) < 4.78 is 33.1. The summed E-state index contributed by atoms with van der Waals surface area (Å²) >= 11 is 0. The van der Waals surface area contributed by atoms with Crippen molar-refractivity contribution in [3.8, 4) is 0 Å². The van der Waals surface area contributed by atoms with Crippen LogP contribution in [0.3, 0.4) is 0 Å². The van der Waals surface area contributed by atoms with E-state index in [4.69, 9.17) is 4.74 Å². The standard InChI is InChI=1S/C25H39N3O5S/c1-25(2,3)28-34(31,32)21-11-9-20(10-12-21)26-24(30)22(17-18-13-15-33-16-14-18)27-23(29)19-7-5-4-6-8-19/h9-12,18-19,22,28H,4-8,13-17H2,1-3H3,(H,26,30)(H,27,29). The molecule has 0 spiro atoms. The van der Waals surface area contributed by atoms with Gasteiger partial charge in [-0.1, -0.05) is 19.3 Å². The molecule has 0 radical (unpaired) electrons. The second kappa shape index (κ2) is 11.6. The summed E-state index contributed by atoms with van der Waals surface area (Å²) in [5.41, 5.74) is -0.108. The zero-order chi connectivity index (χ0) is 24.8. The van der Waals surface area contributed by atoms with E-state index < -0.39 is 21.6 Å². The van der Waals surface area contributed by atoms with Crippen LogP contribution in [0.25, 0.3) is 0 Å². The molecule has 0 bridgehead atoms. The molecular formula is C25H39N3O5S. The maximum absolute atomic E-state index is 13.2. The fourth-order valence-corrected chi connectivity index (χ4v) is 6.03. The molecule has 1 aliphatic carbocycles. The predicted octanol–water partition coefficient (Wildman–Crippen LogP) is 3.58.